The number of anilines is 2. The van der Waals surface area contributed by atoms with Crippen LogP contribution in [0.15, 0.2) is 85.3 Å². The second-order valence-electron chi connectivity index (χ2n) is 10.9. The third kappa shape index (κ3) is 5.52. The second-order valence-corrected chi connectivity index (χ2v) is 10.9. The Labute approximate surface area is 258 Å². The number of nitrogen functional groups attached to an aromatic ring is 1. The first-order valence-electron chi connectivity index (χ1n) is 14.5. The molecule has 0 aliphatic carbocycles. The van der Waals surface area contributed by atoms with E-state index < -0.39 is 5.82 Å². The molecule has 1 atom stereocenters. The molecule has 0 spiro atoms. The molecule has 1 fully saturated rings. The van der Waals surface area contributed by atoms with E-state index in [1.165, 1.54) is 17.8 Å². The number of benzene rings is 1. The smallest absolute Gasteiger partial charge is 0.234 e. The van der Waals surface area contributed by atoms with Crippen LogP contribution in [-0.2, 0) is 6.54 Å². The number of pyridine rings is 3. The number of piperazine rings is 1. The van der Waals surface area contributed by atoms with Crippen molar-refractivity contribution in [2.45, 2.75) is 19.5 Å². The molecule has 1 saturated heterocycles. The number of nitrogens with two attached hydrogens (primary N) is 1. The van der Waals surface area contributed by atoms with Crippen LogP contribution < -0.4 is 10.6 Å². The van der Waals surface area contributed by atoms with Gasteiger partial charge in [-0.25, -0.2) is 29.3 Å². The predicted molar refractivity (Wildman–Crippen MR) is 169 cm³/mol. The number of hydrogen-bond acceptors (Lipinski definition) is 10. The molecule has 6 heterocycles. The zero-order valence-corrected chi connectivity index (χ0v) is 24.4. The number of hydrogen-bond donors (Lipinski definition) is 1. The third-order valence-corrected chi connectivity index (χ3v) is 7.92. The van der Waals surface area contributed by atoms with Gasteiger partial charge in [-0.2, -0.15) is 5.26 Å². The Kier molecular flexibility index (Phi) is 7.28. The minimum absolute atomic E-state index is 0.181. The lowest BCUT2D eigenvalue weighted by Gasteiger charge is -2.40. The second kappa shape index (κ2) is 11.7. The molecule has 12 heteroatoms. The molecular weight excluding hydrogens is 569 g/mol. The van der Waals surface area contributed by atoms with Crippen molar-refractivity contribution in [3.63, 3.8) is 0 Å². The molecule has 11 nitrogen and oxygen atoms in total. The quantitative estimate of drug-likeness (QED) is 0.289. The summed E-state index contributed by atoms with van der Waals surface area (Å²) in [4.78, 5) is 31.3. The SMILES string of the molecule is C[C@@H]1CN(Cc2ccc(-n3c(-c4cccnc4N)nc4ccc(-c5ccc(F)cn5)nc43)cc2)CCN1c1ccnc(C#N)n1. The zero-order valence-electron chi connectivity index (χ0n) is 24.4. The van der Waals surface area contributed by atoms with Crippen molar-refractivity contribution in [1.29, 1.82) is 5.26 Å². The molecule has 6 aromatic rings. The fourth-order valence-electron chi connectivity index (χ4n) is 5.75. The Hall–Kier alpha value is -5.80. The minimum atomic E-state index is -0.407. The first-order valence-corrected chi connectivity index (χ1v) is 14.5. The number of halogens is 1. The van der Waals surface area contributed by atoms with Crippen LogP contribution in [0.1, 0.15) is 18.3 Å². The maximum absolute atomic E-state index is 13.5. The molecular formula is C33H28FN11. The average Bonchev–Trinajstić information content (AvgIpc) is 3.44. The van der Waals surface area contributed by atoms with Crippen molar-refractivity contribution >= 4 is 22.8 Å². The molecule has 222 valence electrons. The van der Waals surface area contributed by atoms with Gasteiger partial charge in [0.1, 0.15) is 29.0 Å². The Morgan fingerprint density at radius 2 is 1.76 bits per heavy atom. The van der Waals surface area contributed by atoms with E-state index in [-0.39, 0.29) is 11.9 Å². The van der Waals surface area contributed by atoms with E-state index in [1.807, 2.05) is 41.0 Å². The predicted octanol–water partition coefficient (Wildman–Crippen LogP) is 4.64. The summed E-state index contributed by atoms with van der Waals surface area (Å²) >= 11 is 0. The van der Waals surface area contributed by atoms with E-state index in [0.29, 0.717) is 39.8 Å². The first kappa shape index (κ1) is 28.0. The van der Waals surface area contributed by atoms with Crippen molar-refractivity contribution in [2.75, 3.05) is 30.3 Å². The third-order valence-electron chi connectivity index (χ3n) is 7.92. The molecule has 1 aliphatic heterocycles. The summed E-state index contributed by atoms with van der Waals surface area (Å²) in [5.74, 6) is 1.54. The van der Waals surface area contributed by atoms with Crippen LogP contribution in [-0.4, -0.2) is 65.0 Å². The van der Waals surface area contributed by atoms with Gasteiger partial charge in [0.05, 0.1) is 23.1 Å². The van der Waals surface area contributed by atoms with Gasteiger partial charge < -0.3 is 10.6 Å². The number of nitriles is 1. The van der Waals surface area contributed by atoms with Crippen molar-refractivity contribution in [1.82, 2.24) is 39.4 Å². The van der Waals surface area contributed by atoms with Gasteiger partial charge in [-0.05, 0) is 67.1 Å². The van der Waals surface area contributed by atoms with Gasteiger partial charge in [0.15, 0.2) is 11.5 Å². The van der Waals surface area contributed by atoms with E-state index in [0.717, 1.165) is 37.7 Å². The van der Waals surface area contributed by atoms with Gasteiger partial charge in [0, 0.05) is 50.3 Å². The number of fused-ring (bicyclic) bond motifs is 1. The van der Waals surface area contributed by atoms with Gasteiger partial charge in [-0.1, -0.05) is 12.1 Å². The fourth-order valence-corrected chi connectivity index (χ4v) is 5.75. The average molecular weight is 598 g/mol. The van der Waals surface area contributed by atoms with Gasteiger partial charge in [0.2, 0.25) is 5.82 Å². The minimum Gasteiger partial charge on any atom is -0.383 e. The van der Waals surface area contributed by atoms with Gasteiger partial charge >= 0.3 is 0 Å². The number of rotatable bonds is 6. The van der Waals surface area contributed by atoms with E-state index in [2.05, 4.69) is 60.9 Å². The van der Waals surface area contributed by atoms with Crippen LogP contribution in [0.4, 0.5) is 16.0 Å². The molecule has 7 rings (SSSR count). The van der Waals surface area contributed by atoms with Crippen molar-refractivity contribution in [3.05, 3.63) is 103 Å². The van der Waals surface area contributed by atoms with Crippen LogP contribution in [0.5, 0.6) is 0 Å². The summed E-state index contributed by atoms with van der Waals surface area (Å²) < 4.78 is 15.5. The lowest BCUT2D eigenvalue weighted by molar-refractivity contribution is 0.220. The summed E-state index contributed by atoms with van der Waals surface area (Å²) in [6, 6.07) is 22.8. The highest BCUT2D eigenvalue weighted by molar-refractivity contribution is 5.84. The lowest BCUT2D eigenvalue weighted by Crippen LogP contribution is -2.51. The summed E-state index contributed by atoms with van der Waals surface area (Å²) in [5, 5.41) is 9.19. The van der Waals surface area contributed by atoms with Crippen LogP contribution in [0.3, 0.4) is 0 Å². The Bertz CT molecular complexity index is 2030. The fraction of sp³-hybridized carbons (Fsp3) is 0.182. The number of imidazole rings is 1. The van der Waals surface area contributed by atoms with Crippen molar-refractivity contribution in [2.24, 2.45) is 0 Å². The molecule has 0 amide bonds. The molecule has 0 radical (unpaired) electrons. The topological polar surface area (TPSA) is 139 Å². The zero-order chi connectivity index (χ0) is 30.9. The summed E-state index contributed by atoms with van der Waals surface area (Å²) in [5.41, 5.74) is 11.5. The largest absolute Gasteiger partial charge is 0.383 e. The monoisotopic (exact) mass is 597 g/mol. The van der Waals surface area contributed by atoms with Crippen LogP contribution in [0.2, 0.25) is 0 Å². The molecule has 2 N–H and O–H groups in total. The van der Waals surface area contributed by atoms with E-state index in [4.69, 9.17) is 15.7 Å². The van der Waals surface area contributed by atoms with Crippen LogP contribution in [0.25, 0.3) is 39.6 Å². The summed E-state index contributed by atoms with van der Waals surface area (Å²) in [6.07, 6.45) is 4.46. The highest BCUT2D eigenvalue weighted by atomic mass is 19.1. The molecule has 45 heavy (non-hydrogen) atoms. The van der Waals surface area contributed by atoms with Gasteiger partial charge in [-0.3, -0.25) is 14.5 Å². The highest BCUT2D eigenvalue weighted by Gasteiger charge is 2.25. The Morgan fingerprint density at radius 1 is 0.911 bits per heavy atom. The first-order chi connectivity index (χ1) is 22.0. The highest BCUT2D eigenvalue weighted by Crippen LogP contribution is 2.32. The maximum atomic E-state index is 13.5. The van der Waals surface area contributed by atoms with E-state index in [9.17, 15) is 9.65 Å². The molecule has 0 saturated carbocycles. The summed E-state index contributed by atoms with van der Waals surface area (Å²) in [6.45, 7) is 5.47. The summed E-state index contributed by atoms with van der Waals surface area (Å²) in [7, 11) is 0. The van der Waals surface area contributed by atoms with E-state index in [1.54, 1.807) is 18.5 Å². The normalized spacial score (nSPS) is 15.3. The van der Waals surface area contributed by atoms with E-state index >= 15 is 0 Å². The Balaban J connectivity index is 1.18. The van der Waals surface area contributed by atoms with Crippen LogP contribution in [0, 0.1) is 17.1 Å². The lowest BCUT2D eigenvalue weighted by atomic mass is 10.1. The molecule has 1 aliphatic rings. The molecule has 1 aromatic carbocycles. The molecule has 0 unspecified atom stereocenters. The number of aromatic nitrogens is 7. The van der Waals surface area contributed by atoms with Crippen LogP contribution >= 0.6 is 0 Å². The van der Waals surface area contributed by atoms with Gasteiger partial charge in [0.25, 0.3) is 0 Å². The van der Waals surface area contributed by atoms with Gasteiger partial charge in [-0.15, -0.1) is 0 Å². The molecule has 0 bridgehead atoms. The maximum Gasteiger partial charge on any atom is 0.234 e. The number of nitrogens with zero attached hydrogens (tertiary/aromatic N) is 10. The Morgan fingerprint density at radius 3 is 2.51 bits per heavy atom. The van der Waals surface area contributed by atoms with Crippen molar-refractivity contribution in [3.8, 4) is 34.5 Å². The van der Waals surface area contributed by atoms with Crippen molar-refractivity contribution < 1.29 is 4.39 Å². The standard InChI is InChI=1S/C33H28FN11/c1-21-19-43(15-16-44(21)30-12-14-37-29(17-35)42-30)20-22-4-7-24(8-5-22)45-32(25-3-2-13-38-31(25)36)41-28-11-10-27(40-33(28)45)26-9-6-23(34)18-39-26/h2-14,18,21H,15-16,19-20H2,1H3,(H2,36,38)/t21-/m1/s1. The molecule has 5 aromatic heterocycles.